The molecule has 1 N–H and O–H groups in total. The lowest BCUT2D eigenvalue weighted by Gasteiger charge is -2.29. The molecule has 1 aliphatic rings. The summed E-state index contributed by atoms with van der Waals surface area (Å²) in [7, 11) is 0. The zero-order valence-corrected chi connectivity index (χ0v) is 17.8. The largest absolute Gasteiger partial charge is 0.493 e. The second kappa shape index (κ2) is 10.8. The third-order valence-electron chi connectivity index (χ3n) is 5.79. The van der Waals surface area contributed by atoms with Crippen LogP contribution in [0, 0.1) is 17.5 Å². The molecule has 0 spiro atoms. The fourth-order valence-corrected chi connectivity index (χ4v) is 3.98. The van der Waals surface area contributed by atoms with Gasteiger partial charge in [0.05, 0.1) is 25.4 Å². The molecule has 3 rings (SSSR count). The van der Waals surface area contributed by atoms with Gasteiger partial charge in [0.1, 0.15) is 11.6 Å². The van der Waals surface area contributed by atoms with Crippen molar-refractivity contribution in [3.05, 3.63) is 77.1 Å². The SMILES string of the molecule is C=CCCOc1ccc(C2CCC(OCc3ccc(C(C)O)c(F)c3F)CC2)c(F)c1. The first-order valence-electron chi connectivity index (χ1n) is 10.7. The molecule has 2 aromatic rings. The molecule has 0 saturated heterocycles. The monoisotopic (exact) mass is 434 g/mol. The highest BCUT2D eigenvalue weighted by molar-refractivity contribution is 5.31. The normalized spacial score (nSPS) is 19.8. The summed E-state index contributed by atoms with van der Waals surface area (Å²) >= 11 is 0. The van der Waals surface area contributed by atoms with Gasteiger partial charge in [-0.3, -0.25) is 0 Å². The van der Waals surface area contributed by atoms with Gasteiger partial charge >= 0.3 is 0 Å². The van der Waals surface area contributed by atoms with Gasteiger partial charge in [-0.2, -0.15) is 0 Å². The molecule has 1 aliphatic carbocycles. The van der Waals surface area contributed by atoms with E-state index in [2.05, 4.69) is 6.58 Å². The van der Waals surface area contributed by atoms with E-state index in [0.717, 1.165) is 25.7 Å². The van der Waals surface area contributed by atoms with Gasteiger partial charge in [0.15, 0.2) is 11.6 Å². The summed E-state index contributed by atoms with van der Waals surface area (Å²) in [5.74, 6) is -1.68. The van der Waals surface area contributed by atoms with Crippen molar-refractivity contribution >= 4 is 0 Å². The second-order valence-corrected chi connectivity index (χ2v) is 8.01. The highest BCUT2D eigenvalue weighted by Gasteiger charge is 2.26. The van der Waals surface area contributed by atoms with Crippen LogP contribution in [0.4, 0.5) is 13.2 Å². The van der Waals surface area contributed by atoms with Gasteiger partial charge in [0, 0.05) is 17.2 Å². The van der Waals surface area contributed by atoms with Gasteiger partial charge in [-0.25, -0.2) is 13.2 Å². The maximum atomic E-state index is 14.6. The third kappa shape index (κ3) is 5.89. The Balaban J connectivity index is 1.52. The van der Waals surface area contributed by atoms with Crippen LogP contribution in [-0.4, -0.2) is 17.8 Å². The Kier molecular flexibility index (Phi) is 8.15. The third-order valence-corrected chi connectivity index (χ3v) is 5.79. The topological polar surface area (TPSA) is 38.7 Å². The van der Waals surface area contributed by atoms with E-state index in [1.54, 1.807) is 18.2 Å². The Labute approximate surface area is 181 Å². The van der Waals surface area contributed by atoms with Crippen molar-refractivity contribution < 1.29 is 27.8 Å². The van der Waals surface area contributed by atoms with Crippen LogP contribution >= 0.6 is 0 Å². The van der Waals surface area contributed by atoms with Crippen LogP contribution in [0.1, 0.15) is 67.7 Å². The first-order valence-corrected chi connectivity index (χ1v) is 10.7. The average Bonchev–Trinajstić information content (AvgIpc) is 2.75. The van der Waals surface area contributed by atoms with Crippen molar-refractivity contribution in [1.29, 1.82) is 0 Å². The fourth-order valence-electron chi connectivity index (χ4n) is 3.98. The summed E-state index contributed by atoms with van der Waals surface area (Å²) in [5, 5.41) is 9.48. The van der Waals surface area contributed by atoms with Crippen LogP contribution in [-0.2, 0) is 11.3 Å². The molecule has 0 amide bonds. The molecule has 0 heterocycles. The van der Waals surface area contributed by atoms with Crippen LogP contribution in [0.15, 0.2) is 43.0 Å². The summed E-state index contributed by atoms with van der Waals surface area (Å²) in [6.45, 7) is 5.45. The van der Waals surface area contributed by atoms with Crippen LogP contribution in [0.3, 0.4) is 0 Å². The number of rotatable bonds is 9. The lowest BCUT2D eigenvalue weighted by atomic mass is 9.82. The van der Waals surface area contributed by atoms with Gasteiger partial charge in [0.25, 0.3) is 0 Å². The maximum Gasteiger partial charge on any atom is 0.164 e. The van der Waals surface area contributed by atoms with Crippen LogP contribution < -0.4 is 4.74 Å². The van der Waals surface area contributed by atoms with Gasteiger partial charge < -0.3 is 14.6 Å². The molecular weight excluding hydrogens is 405 g/mol. The number of aliphatic hydroxyl groups is 1. The Morgan fingerprint density at radius 2 is 1.84 bits per heavy atom. The minimum Gasteiger partial charge on any atom is -0.493 e. The number of ether oxygens (including phenoxy) is 2. The van der Waals surface area contributed by atoms with E-state index in [0.29, 0.717) is 24.3 Å². The first kappa shape index (κ1) is 23.4. The molecule has 1 saturated carbocycles. The fraction of sp³-hybridized carbons (Fsp3) is 0.440. The standard InChI is InChI=1S/C25H29F3O3/c1-3-4-13-30-20-10-12-22(23(26)14-20)17-5-8-19(9-6-17)31-15-18-7-11-21(16(2)29)25(28)24(18)27/h3,7,10-12,14,16-17,19,29H,1,4-6,8-9,13,15H2,2H3. The van der Waals surface area contributed by atoms with E-state index in [1.807, 2.05) is 0 Å². The summed E-state index contributed by atoms with van der Waals surface area (Å²) in [4.78, 5) is 0. The number of benzene rings is 2. The van der Waals surface area contributed by atoms with E-state index >= 15 is 0 Å². The molecule has 0 aromatic heterocycles. The minimum atomic E-state index is -1.08. The number of hydrogen-bond acceptors (Lipinski definition) is 3. The van der Waals surface area contributed by atoms with E-state index in [9.17, 15) is 18.3 Å². The smallest absolute Gasteiger partial charge is 0.164 e. The van der Waals surface area contributed by atoms with Gasteiger partial charge in [0.2, 0.25) is 0 Å². The van der Waals surface area contributed by atoms with E-state index < -0.39 is 17.7 Å². The molecular formula is C25H29F3O3. The molecule has 0 radical (unpaired) electrons. The van der Waals surface area contributed by atoms with Crippen molar-refractivity contribution in [1.82, 2.24) is 0 Å². The quantitative estimate of drug-likeness (QED) is 0.369. The highest BCUT2D eigenvalue weighted by Crippen LogP contribution is 2.36. The summed E-state index contributed by atoms with van der Waals surface area (Å²) in [6, 6.07) is 7.83. The Hall–Kier alpha value is -2.31. The van der Waals surface area contributed by atoms with E-state index in [4.69, 9.17) is 9.47 Å². The molecule has 6 heteroatoms. The molecule has 2 aromatic carbocycles. The number of hydrogen-bond donors (Lipinski definition) is 1. The molecule has 168 valence electrons. The van der Waals surface area contributed by atoms with Crippen LogP contribution in [0.25, 0.3) is 0 Å². The molecule has 31 heavy (non-hydrogen) atoms. The van der Waals surface area contributed by atoms with Gasteiger partial charge in [-0.1, -0.05) is 24.3 Å². The Morgan fingerprint density at radius 1 is 1.10 bits per heavy atom. The molecule has 3 nitrogen and oxygen atoms in total. The van der Waals surface area contributed by atoms with Gasteiger partial charge in [-0.05, 0) is 56.6 Å². The molecule has 1 atom stereocenters. The van der Waals surface area contributed by atoms with Crippen LogP contribution in [0.2, 0.25) is 0 Å². The van der Waals surface area contributed by atoms with Crippen molar-refractivity contribution in [3.8, 4) is 5.75 Å². The number of aliphatic hydroxyl groups excluding tert-OH is 1. The van der Waals surface area contributed by atoms with Crippen molar-refractivity contribution in [3.63, 3.8) is 0 Å². The number of halogens is 3. The Bertz CT molecular complexity index is 890. The lowest BCUT2D eigenvalue weighted by molar-refractivity contribution is 0.0116. The predicted molar refractivity (Wildman–Crippen MR) is 113 cm³/mol. The Morgan fingerprint density at radius 3 is 2.48 bits per heavy atom. The summed E-state index contributed by atoms with van der Waals surface area (Å²) < 4.78 is 54.1. The van der Waals surface area contributed by atoms with E-state index in [-0.39, 0.29) is 35.6 Å². The zero-order valence-electron chi connectivity index (χ0n) is 17.8. The highest BCUT2D eigenvalue weighted by atomic mass is 19.2. The average molecular weight is 434 g/mol. The molecule has 0 aliphatic heterocycles. The van der Waals surface area contributed by atoms with E-state index in [1.165, 1.54) is 25.1 Å². The van der Waals surface area contributed by atoms with Gasteiger partial charge in [-0.15, -0.1) is 6.58 Å². The summed E-state index contributed by atoms with van der Waals surface area (Å²) in [6.07, 6.45) is 4.25. The predicted octanol–water partition coefficient (Wildman–Crippen LogP) is 6.36. The van der Waals surface area contributed by atoms with Crippen molar-refractivity contribution in [2.75, 3.05) is 6.61 Å². The first-order chi connectivity index (χ1) is 14.9. The zero-order chi connectivity index (χ0) is 22.4. The van der Waals surface area contributed by atoms with Crippen molar-refractivity contribution in [2.24, 2.45) is 0 Å². The minimum absolute atomic E-state index is 0.0384. The van der Waals surface area contributed by atoms with Crippen LogP contribution in [0.5, 0.6) is 5.75 Å². The molecule has 1 unspecified atom stereocenters. The second-order valence-electron chi connectivity index (χ2n) is 8.01. The molecule has 1 fully saturated rings. The summed E-state index contributed by atoms with van der Waals surface area (Å²) in [5.41, 5.74) is 0.736. The van der Waals surface area contributed by atoms with Crippen molar-refractivity contribution in [2.45, 2.75) is 63.8 Å². The lowest BCUT2D eigenvalue weighted by Crippen LogP contribution is -2.21. The maximum absolute atomic E-state index is 14.6. The molecule has 0 bridgehead atoms.